The van der Waals surface area contributed by atoms with Crippen LogP contribution in [0, 0.1) is 17.0 Å². The van der Waals surface area contributed by atoms with Crippen LogP contribution in [-0.4, -0.2) is 16.3 Å². The molecule has 0 aliphatic heterocycles. The third-order valence-corrected chi connectivity index (χ3v) is 2.62. The smallest absolute Gasteiger partial charge is 0.282 e. The van der Waals surface area contributed by atoms with Crippen molar-refractivity contribution in [1.29, 1.82) is 0 Å². The number of nitrogens with one attached hydrogen (secondary N) is 1. The molecule has 0 atom stereocenters. The van der Waals surface area contributed by atoms with Gasteiger partial charge in [-0.3, -0.25) is 14.9 Å². The zero-order valence-electron chi connectivity index (χ0n) is 10.8. The molecule has 3 N–H and O–H groups in total. The Morgan fingerprint density at radius 1 is 1.15 bits per heavy atom. The van der Waals surface area contributed by atoms with Gasteiger partial charge in [-0.25, -0.2) is 0 Å². The predicted octanol–water partition coefficient (Wildman–Crippen LogP) is 2.33. The summed E-state index contributed by atoms with van der Waals surface area (Å²) in [6.07, 6.45) is 0. The number of para-hydroxylation sites is 1. The summed E-state index contributed by atoms with van der Waals surface area (Å²) < 4.78 is 0. The molecule has 0 heterocycles. The van der Waals surface area contributed by atoms with Crippen LogP contribution < -0.4 is 5.32 Å². The van der Waals surface area contributed by atoms with E-state index < -0.39 is 10.8 Å². The molecule has 0 fully saturated rings. The lowest BCUT2D eigenvalue weighted by Gasteiger charge is -2.06. The zero-order chi connectivity index (χ0) is 13.8. The van der Waals surface area contributed by atoms with Gasteiger partial charge in [0.15, 0.2) is 0 Å². The number of hydrogen-bond acceptors (Lipinski definition) is 3. The highest BCUT2D eigenvalue weighted by Crippen LogP contribution is 2.19. The Balaban J connectivity index is 0.00000200. The number of nitro benzene ring substituents is 1. The molecule has 6 heteroatoms. The Labute approximate surface area is 115 Å². The number of amides is 1. The number of rotatable bonds is 3. The minimum Gasteiger partial charge on any atom is -0.412 e. The Hall–Kier alpha value is -2.73. The molecule has 6 nitrogen and oxygen atoms in total. The molecule has 0 bridgehead atoms. The van der Waals surface area contributed by atoms with Crippen molar-refractivity contribution in [3.05, 3.63) is 69.8 Å². The van der Waals surface area contributed by atoms with E-state index in [1.54, 1.807) is 18.2 Å². The van der Waals surface area contributed by atoms with Gasteiger partial charge in [0.05, 0.1) is 4.92 Å². The highest BCUT2D eigenvalue weighted by atomic mass is 16.6. The molecule has 0 unspecified atom stereocenters. The number of hydrogen-bond donors (Lipinski definition) is 1. The van der Waals surface area contributed by atoms with Gasteiger partial charge in [-0.1, -0.05) is 24.3 Å². The summed E-state index contributed by atoms with van der Waals surface area (Å²) in [5, 5.41) is 13.5. The fourth-order valence-electron chi connectivity index (χ4n) is 1.75. The highest BCUT2D eigenvalue weighted by molar-refractivity contribution is 6.07. The summed E-state index contributed by atoms with van der Waals surface area (Å²) in [5.41, 5.74) is 1.46. The fourth-order valence-corrected chi connectivity index (χ4v) is 1.75. The number of anilines is 1. The summed E-state index contributed by atoms with van der Waals surface area (Å²) in [5.74, 6) is -0.488. The van der Waals surface area contributed by atoms with Gasteiger partial charge < -0.3 is 10.8 Å². The fraction of sp³-hybridized carbons (Fsp3) is 0.0714. The summed E-state index contributed by atoms with van der Waals surface area (Å²) in [6, 6.07) is 13.1. The van der Waals surface area contributed by atoms with Crippen molar-refractivity contribution < 1.29 is 15.2 Å². The summed E-state index contributed by atoms with van der Waals surface area (Å²) in [7, 11) is 0. The van der Waals surface area contributed by atoms with E-state index >= 15 is 0 Å². The van der Waals surface area contributed by atoms with E-state index in [0.717, 1.165) is 5.56 Å². The van der Waals surface area contributed by atoms with Gasteiger partial charge in [0, 0.05) is 11.8 Å². The van der Waals surface area contributed by atoms with Crippen molar-refractivity contribution >= 4 is 17.3 Å². The van der Waals surface area contributed by atoms with Gasteiger partial charge in [0.2, 0.25) is 0 Å². The second-order valence-electron chi connectivity index (χ2n) is 4.10. The first-order chi connectivity index (χ1) is 9.08. The van der Waals surface area contributed by atoms with Gasteiger partial charge in [-0.15, -0.1) is 0 Å². The number of carbonyl (C=O) groups is 1. The maximum Gasteiger partial charge on any atom is 0.282 e. The summed E-state index contributed by atoms with van der Waals surface area (Å²) >= 11 is 0. The largest absolute Gasteiger partial charge is 0.412 e. The Morgan fingerprint density at radius 2 is 1.85 bits per heavy atom. The lowest BCUT2D eigenvalue weighted by molar-refractivity contribution is -0.385. The zero-order valence-corrected chi connectivity index (χ0v) is 10.8. The van der Waals surface area contributed by atoms with Crippen LogP contribution in [0.15, 0.2) is 48.5 Å². The lowest BCUT2D eigenvalue weighted by Crippen LogP contribution is -2.13. The minimum absolute atomic E-state index is 0. The molecule has 2 aromatic carbocycles. The first-order valence-electron chi connectivity index (χ1n) is 5.69. The van der Waals surface area contributed by atoms with Gasteiger partial charge >= 0.3 is 0 Å². The molecule has 0 aromatic heterocycles. The van der Waals surface area contributed by atoms with Crippen LogP contribution in [0.2, 0.25) is 0 Å². The van der Waals surface area contributed by atoms with Gasteiger partial charge in [0.1, 0.15) is 5.56 Å². The normalized spacial score (nSPS) is 9.45. The molecule has 20 heavy (non-hydrogen) atoms. The van der Waals surface area contributed by atoms with Crippen molar-refractivity contribution in [3.8, 4) is 0 Å². The highest BCUT2D eigenvalue weighted by Gasteiger charge is 2.18. The van der Waals surface area contributed by atoms with E-state index in [-0.39, 0.29) is 16.7 Å². The summed E-state index contributed by atoms with van der Waals surface area (Å²) in [4.78, 5) is 22.3. The Bertz CT molecular complexity index is 641. The molecule has 104 valence electrons. The Morgan fingerprint density at radius 3 is 2.50 bits per heavy atom. The van der Waals surface area contributed by atoms with Crippen LogP contribution in [0.5, 0.6) is 0 Å². The monoisotopic (exact) mass is 274 g/mol. The van der Waals surface area contributed by atoms with Crippen LogP contribution in [-0.2, 0) is 0 Å². The van der Waals surface area contributed by atoms with Gasteiger partial charge in [0.25, 0.3) is 11.6 Å². The second-order valence-corrected chi connectivity index (χ2v) is 4.10. The van der Waals surface area contributed by atoms with Crippen LogP contribution in [0.4, 0.5) is 11.4 Å². The van der Waals surface area contributed by atoms with Crippen molar-refractivity contribution in [1.82, 2.24) is 0 Å². The maximum atomic E-state index is 12.0. The molecule has 0 spiro atoms. The average Bonchev–Trinajstić information content (AvgIpc) is 2.38. The molecule has 2 aromatic rings. The van der Waals surface area contributed by atoms with Crippen molar-refractivity contribution in [2.24, 2.45) is 0 Å². The number of aryl methyl sites for hydroxylation is 1. The van der Waals surface area contributed by atoms with E-state index in [2.05, 4.69) is 5.32 Å². The predicted molar refractivity (Wildman–Crippen MR) is 75.8 cm³/mol. The van der Waals surface area contributed by atoms with E-state index in [1.165, 1.54) is 18.2 Å². The van der Waals surface area contributed by atoms with E-state index in [0.29, 0.717) is 5.69 Å². The number of nitro groups is 1. The quantitative estimate of drug-likeness (QED) is 0.686. The molecular formula is C14H14N2O4. The number of nitrogens with zero attached hydrogens (tertiary/aromatic N) is 1. The number of benzene rings is 2. The molecule has 0 saturated heterocycles. The standard InChI is InChI=1S/C14H12N2O3.H2O/c1-10-5-4-6-11(9-10)15-14(17)12-7-2-3-8-13(12)16(18)19;/h2-9H,1H3,(H,15,17);1H2. The van der Waals surface area contributed by atoms with E-state index in [4.69, 9.17) is 0 Å². The number of carbonyl (C=O) groups excluding carboxylic acids is 1. The topological polar surface area (TPSA) is 104 Å². The van der Waals surface area contributed by atoms with Crippen molar-refractivity contribution in [2.75, 3.05) is 5.32 Å². The van der Waals surface area contributed by atoms with Crippen LogP contribution in [0.3, 0.4) is 0 Å². The van der Waals surface area contributed by atoms with Crippen molar-refractivity contribution in [3.63, 3.8) is 0 Å². The van der Waals surface area contributed by atoms with Crippen molar-refractivity contribution in [2.45, 2.75) is 6.92 Å². The van der Waals surface area contributed by atoms with Crippen LogP contribution >= 0.6 is 0 Å². The Kier molecular flexibility index (Phi) is 4.94. The first-order valence-corrected chi connectivity index (χ1v) is 5.69. The molecular weight excluding hydrogens is 260 g/mol. The van der Waals surface area contributed by atoms with Crippen LogP contribution in [0.1, 0.15) is 15.9 Å². The molecule has 0 saturated carbocycles. The average molecular weight is 274 g/mol. The molecule has 1 amide bonds. The van der Waals surface area contributed by atoms with Crippen LogP contribution in [0.25, 0.3) is 0 Å². The molecule has 0 aliphatic carbocycles. The van der Waals surface area contributed by atoms with E-state index in [1.807, 2.05) is 19.1 Å². The second kappa shape index (κ2) is 6.44. The third kappa shape index (κ3) is 3.39. The third-order valence-electron chi connectivity index (χ3n) is 2.62. The van der Waals surface area contributed by atoms with E-state index in [9.17, 15) is 14.9 Å². The molecule has 2 rings (SSSR count). The minimum atomic E-state index is -0.564. The summed E-state index contributed by atoms with van der Waals surface area (Å²) in [6.45, 7) is 1.90. The SMILES string of the molecule is Cc1cccc(NC(=O)c2ccccc2[N+](=O)[O-])c1.O. The molecule has 0 radical (unpaired) electrons. The maximum absolute atomic E-state index is 12.0. The first kappa shape index (κ1) is 15.3. The lowest BCUT2D eigenvalue weighted by atomic mass is 10.1. The molecule has 0 aliphatic rings. The van der Waals surface area contributed by atoms with Gasteiger partial charge in [-0.2, -0.15) is 0 Å². The van der Waals surface area contributed by atoms with Gasteiger partial charge in [-0.05, 0) is 30.7 Å².